The minimum Gasteiger partial charge on any atom is -0.507 e. The number of carbonyl (C=O) groups excluding carboxylic acids is 3. The maximum Gasteiger partial charge on any atom is 0.350 e. The molecule has 0 spiro atoms. The van der Waals surface area contributed by atoms with Crippen LogP contribution >= 0.6 is 11.3 Å². The second-order valence-corrected chi connectivity index (χ2v) is 9.97. The third-order valence-corrected chi connectivity index (χ3v) is 7.58. The fraction of sp³-hybridized carbons (Fsp3) is 0.267. The number of ether oxygens (including phenoxy) is 4. The first-order valence-corrected chi connectivity index (χ1v) is 13.5. The monoisotopic (exact) mass is 578 g/mol. The van der Waals surface area contributed by atoms with Gasteiger partial charge in [-0.2, -0.15) is 0 Å². The Morgan fingerprint density at radius 3 is 2.51 bits per heavy atom. The van der Waals surface area contributed by atoms with E-state index in [4.69, 9.17) is 18.9 Å². The van der Waals surface area contributed by atoms with Gasteiger partial charge in [-0.25, -0.2) is 9.78 Å². The molecule has 1 atom stereocenters. The number of thiazole rings is 1. The summed E-state index contributed by atoms with van der Waals surface area (Å²) >= 11 is 0.915. The van der Waals surface area contributed by atoms with Crippen LogP contribution in [0.2, 0.25) is 0 Å². The molecular formula is C30H30N2O8S. The molecule has 1 saturated heterocycles. The van der Waals surface area contributed by atoms with Gasteiger partial charge in [0.05, 0.1) is 38.1 Å². The summed E-state index contributed by atoms with van der Waals surface area (Å²) in [5, 5.41) is 11.6. The van der Waals surface area contributed by atoms with Gasteiger partial charge in [-0.05, 0) is 62.2 Å². The molecule has 1 aliphatic heterocycles. The summed E-state index contributed by atoms with van der Waals surface area (Å²) in [7, 11) is 3.00. The molecule has 2 aromatic carbocycles. The van der Waals surface area contributed by atoms with Crippen LogP contribution in [0.5, 0.6) is 17.2 Å². The Bertz CT molecular complexity index is 1560. The molecule has 4 rings (SSSR count). The van der Waals surface area contributed by atoms with E-state index in [9.17, 15) is 19.5 Å². The highest BCUT2D eigenvalue weighted by Crippen LogP contribution is 2.46. The minimum absolute atomic E-state index is 0.00318. The lowest BCUT2D eigenvalue weighted by atomic mass is 9.93. The molecule has 214 valence electrons. The Hall–Kier alpha value is -4.64. The number of aliphatic hydroxyl groups excluding tert-OH is 1. The van der Waals surface area contributed by atoms with Crippen LogP contribution < -0.4 is 19.1 Å². The van der Waals surface area contributed by atoms with Crippen LogP contribution in [0.3, 0.4) is 0 Å². The molecule has 1 fully saturated rings. The van der Waals surface area contributed by atoms with E-state index in [1.165, 1.54) is 25.2 Å². The molecule has 3 aromatic rings. The number of esters is 1. The summed E-state index contributed by atoms with van der Waals surface area (Å²) in [6.45, 7) is 9.14. The first-order valence-electron chi connectivity index (χ1n) is 12.7. The number of rotatable bonds is 10. The van der Waals surface area contributed by atoms with E-state index in [1.807, 2.05) is 6.92 Å². The van der Waals surface area contributed by atoms with Crippen molar-refractivity contribution in [1.82, 2.24) is 4.98 Å². The average Bonchev–Trinajstić information content (AvgIpc) is 3.47. The van der Waals surface area contributed by atoms with Gasteiger partial charge in [-0.15, -0.1) is 0 Å². The quantitative estimate of drug-likeness (QED) is 0.114. The first kappa shape index (κ1) is 29.3. The normalized spacial score (nSPS) is 16.0. The van der Waals surface area contributed by atoms with Crippen LogP contribution in [0.4, 0.5) is 5.13 Å². The number of Topliss-reactive ketones (excluding diaryl/α,β-unsaturated/α-hetero) is 1. The fourth-order valence-electron chi connectivity index (χ4n) is 4.52. The summed E-state index contributed by atoms with van der Waals surface area (Å²) in [6, 6.07) is 8.89. The van der Waals surface area contributed by atoms with Crippen molar-refractivity contribution in [3.63, 3.8) is 0 Å². The van der Waals surface area contributed by atoms with Crippen LogP contribution in [0.25, 0.3) is 5.76 Å². The standard InChI is InChI=1S/C30H30N2O8S/c1-7-13-40-29(36)27-17(4)31-30(41-27)32-24(18-9-12-21(39-8-2)22(15-18)38-6)23(26(34)28(32)35)25(33)20-11-10-19(37-5)14-16(20)3/h7,9-12,14-15,24,33H,1,8,13H2,2-6H3/t24-/m0/s1. The van der Waals surface area contributed by atoms with Gasteiger partial charge >= 0.3 is 11.9 Å². The number of amides is 1. The second-order valence-electron chi connectivity index (χ2n) is 8.99. The maximum absolute atomic E-state index is 13.6. The van der Waals surface area contributed by atoms with E-state index in [0.717, 1.165) is 11.3 Å². The van der Waals surface area contributed by atoms with Crippen molar-refractivity contribution in [2.24, 2.45) is 0 Å². The number of ketones is 1. The number of hydrogen-bond acceptors (Lipinski definition) is 10. The van der Waals surface area contributed by atoms with Gasteiger partial charge in [-0.1, -0.05) is 30.1 Å². The Morgan fingerprint density at radius 2 is 1.88 bits per heavy atom. The van der Waals surface area contributed by atoms with Crippen LogP contribution in [-0.2, 0) is 14.3 Å². The van der Waals surface area contributed by atoms with Gasteiger partial charge in [0, 0.05) is 5.56 Å². The van der Waals surface area contributed by atoms with Gasteiger partial charge < -0.3 is 24.1 Å². The van der Waals surface area contributed by atoms with E-state index in [2.05, 4.69) is 11.6 Å². The molecule has 0 aliphatic carbocycles. The summed E-state index contributed by atoms with van der Waals surface area (Å²) in [6.07, 6.45) is 1.44. The summed E-state index contributed by atoms with van der Waals surface area (Å²) in [4.78, 5) is 45.6. The largest absolute Gasteiger partial charge is 0.507 e. The fourth-order valence-corrected chi connectivity index (χ4v) is 5.51. The Morgan fingerprint density at radius 1 is 1.12 bits per heavy atom. The molecule has 0 unspecified atom stereocenters. The molecule has 10 nitrogen and oxygen atoms in total. The Labute approximate surface area is 241 Å². The van der Waals surface area contributed by atoms with Gasteiger partial charge in [0.2, 0.25) is 0 Å². The van der Waals surface area contributed by atoms with Gasteiger partial charge in [0.1, 0.15) is 23.0 Å². The predicted octanol–water partition coefficient (Wildman–Crippen LogP) is 5.14. The number of aromatic nitrogens is 1. The van der Waals surface area contributed by atoms with Crippen LogP contribution in [-0.4, -0.2) is 55.2 Å². The molecule has 0 saturated carbocycles. The van der Waals surface area contributed by atoms with Crippen molar-refractivity contribution in [3.8, 4) is 17.2 Å². The van der Waals surface area contributed by atoms with E-state index < -0.39 is 23.7 Å². The zero-order valence-corrected chi connectivity index (χ0v) is 24.2. The molecule has 1 aliphatic rings. The number of anilines is 1. The van der Waals surface area contributed by atoms with Crippen LogP contribution in [0.1, 0.15) is 45.0 Å². The molecule has 41 heavy (non-hydrogen) atoms. The number of aryl methyl sites for hydroxylation is 2. The highest BCUT2D eigenvalue weighted by molar-refractivity contribution is 7.17. The highest BCUT2D eigenvalue weighted by atomic mass is 32.1. The highest BCUT2D eigenvalue weighted by Gasteiger charge is 2.48. The Balaban J connectivity index is 1.94. The number of benzene rings is 2. The average molecular weight is 579 g/mol. The first-order chi connectivity index (χ1) is 19.7. The smallest absolute Gasteiger partial charge is 0.350 e. The zero-order valence-electron chi connectivity index (χ0n) is 23.3. The third kappa shape index (κ3) is 5.53. The lowest BCUT2D eigenvalue weighted by Crippen LogP contribution is -2.29. The molecule has 1 aromatic heterocycles. The minimum atomic E-state index is -1.09. The molecular weight excluding hydrogens is 548 g/mol. The molecule has 1 N–H and O–H groups in total. The summed E-state index contributed by atoms with van der Waals surface area (Å²) < 4.78 is 21.6. The van der Waals surface area contributed by atoms with Crippen molar-refractivity contribution < 1.29 is 38.4 Å². The van der Waals surface area contributed by atoms with Crippen molar-refractivity contribution >= 4 is 39.9 Å². The van der Waals surface area contributed by atoms with Crippen molar-refractivity contribution in [1.29, 1.82) is 0 Å². The van der Waals surface area contributed by atoms with Crippen molar-refractivity contribution in [2.45, 2.75) is 26.8 Å². The number of carbonyl (C=O) groups is 3. The summed E-state index contributed by atoms with van der Waals surface area (Å²) in [5.74, 6) is -1.38. The molecule has 2 heterocycles. The summed E-state index contributed by atoms with van der Waals surface area (Å²) in [5.41, 5.74) is 1.64. The van der Waals surface area contributed by atoms with Gasteiger partial charge in [-0.3, -0.25) is 14.5 Å². The molecule has 1 amide bonds. The topological polar surface area (TPSA) is 124 Å². The van der Waals surface area contributed by atoms with E-state index >= 15 is 0 Å². The number of hydrogen-bond donors (Lipinski definition) is 1. The number of nitrogens with zero attached hydrogens (tertiary/aromatic N) is 2. The van der Waals surface area contributed by atoms with E-state index in [1.54, 1.807) is 50.2 Å². The molecule has 11 heteroatoms. The second kappa shape index (κ2) is 12.3. The van der Waals surface area contributed by atoms with Crippen molar-refractivity contribution in [3.05, 3.63) is 81.9 Å². The number of aliphatic hydroxyl groups is 1. The Kier molecular flexibility index (Phi) is 8.77. The van der Waals surface area contributed by atoms with Gasteiger partial charge in [0.15, 0.2) is 16.6 Å². The third-order valence-electron chi connectivity index (χ3n) is 6.45. The van der Waals surface area contributed by atoms with E-state index in [0.29, 0.717) is 46.2 Å². The van der Waals surface area contributed by atoms with Gasteiger partial charge in [0.25, 0.3) is 5.78 Å². The molecule has 0 radical (unpaired) electrons. The number of methoxy groups -OCH3 is 2. The molecule has 0 bridgehead atoms. The lowest BCUT2D eigenvalue weighted by molar-refractivity contribution is -0.132. The SMILES string of the molecule is C=CCOC(=O)c1sc(N2C(=O)C(=O)C(=C(O)c3ccc(OC)cc3C)[C@@H]2c2ccc(OCC)c(OC)c2)nc1C. The van der Waals surface area contributed by atoms with E-state index in [-0.39, 0.29) is 27.9 Å². The van der Waals surface area contributed by atoms with Crippen LogP contribution in [0, 0.1) is 13.8 Å². The van der Waals surface area contributed by atoms with Crippen molar-refractivity contribution in [2.75, 3.05) is 32.3 Å². The van der Waals surface area contributed by atoms with Crippen LogP contribution in [0.15, 0.2) is 54.6 Å². The maximum atomic E-state index is 13.6. The zero-order chi connectivity index (χ0) is 29.8. The lowest BCUT2D eigenvalue weighted by Gasteiger charge is -2.24. The predicted molar refractivity (Wildman–Crippen MR) is 154 cm³/mol.